The van der Waals surface area contributed by atoms with Crippen LogP contribution >= 0.6 is 11.3 Å². The second-order valence-corrected chi connectivity index (χ2v) is 7.11. The molecule has 1 aromatic heterocycles. The fraction of sp³-hybridized carbons (Fsp3) is 0.389. The number of hydrogen-bond donors (Lipinski definition) is 2. The van der Waals surface area contributed by atoms with Gasteiger partial charge in [0, 0.05) is 12.3 Å². The smallest absolute Gasteiger partial charge is 0.279 e. The van der Waals surface area contributed by atoms with E-state index in [-0.39, 0.29) is 17.8 Å². The Bertz CT molecular complexity index is 657. The molecular formula is C18H22FN2O2S+. The molecule has 0 spiro atoms. The maximum absolute atomic E-state index is 13.2. The maximum Gasteiger partial charge on any atom is 0.279 e. The van der Waals surface area contributed by atoms with Crippen molar-refractivity contribution in [2.45, 2.75) is 25.5 Å². The van der Waals surface area contributed by atoms with Crippen molar-refractivity contribution in [1.82, 2.24) is 0 Å². The lowest BCUT2D eigenvalue weighted by Crippen LogP contribution is -3.12. The number of amides is 1. The van der Waals surface area contributed by atoms with Gasteiger partial charge in [0.25, 0.3) is 5.91 Å². The predicted octanol–water partition coefficient (Wildman–Crippen LogP) is 2.09. The van der Waals surface area contributed by atoms with Crippen LogP contribution in [0.15, 0.2) is 41.8 Å². The molecular weight excluding hydrogens is 327 g/mol. The molecule has 3 rings (SSSR count). The summed E-state index contributed by atoms with van der Waals surface area (Å²) in [6, 6.07) is 10.1. The first-order valence-corrected chi connectivity index (χ1v) is 9.10. The molecule has 1 saturated heterocycles. The molecule has 0 radical (unpaired) electrons. The lowest BCUT2D eigenvalue weighted by atomic mass is 10.2. The molecule has 6 heteroatoms. The third-order valence-corrected chi connectivity index (χ3v) is 4.94. The fourth-order valence-corrected chi connectivity index (χ4v) is 3.77. The highest BCUT2D eigenvalue weighted by atomic mass is 32.1. The third-order valence-electron chi connectivity index (χ3n) is 4.06. The molecule has 2 N–H and O–H groups in total. The van der Waals surface area contributed by atoms with Crippen molar-refractivity contribution in [3.05, 3.63) is 52.5 Å². The van der Waals surface area contributed by atoms with Crippen LogP contribution in [0.25, 0.3) is 0 Å². The van der Waals surface area contributed by atoms with E-state index >= 15 is 0 Å². The third kappa shape index (κ3) is 5.12. The monoisotopic (exact) mass is 349 g/mol. The molecule has 1 fully saturated rings. The lowest BCUT2D eigenvalue weighted by molar-refractivity contribution is -0.908. The lowest BCUT2D eigenvalue weighted by Gasteiger charge is -2.21. The Morgan fingerprint density at radius 3 is 3.00 bits per heavy atom. The molecule has 4 nitrogen and oxygen atoms in total. The van der Waals surface area contributed by atoms with Gasteiger partial charge in [-0.25, -0.2) is 4.39 Å². The molecule has 1 aromatic carbocycles. The van der Waals surface area contributed by atoms with Crippen molar-refractivity contribution < 1.29 is 18.8 Å². The summed E-state index contributed by atoms with van der Waals surface area (Å²) in [4.78, 5) is 14.8. The zero-order valence-electron chi connectivity index (χ0n) is 13.5. The number of rotatable bonds is 7. The highest BCUT2D eigenvalue weighted by molar-refractivity contribution is 7.09. The van der Waals surface area contributed by atoms with Crippen molar-refractivity contribution in [3.8, 4) is 0 Å². The highest BCUT2D eigenvalue weighted by Gasteiger charge is 2.24. The van der Waals surface area contributed by atoms with Crippen LogP contribution in [0.2, 0.25) is 0 Å². The van der Waals surface area contributed by atoms with Gasteiger partial charge in [0.2, 0.25) is 0 Å². The van der Waals surface area contributed by atoms with Crippen LogP contribution in [0, 0.1) is 5.82 Å². The molecule has 0 bridgehead atoms. The van der Waals surface area contributed by atoms with Gasteiger partial charge in [0.05, 0.1) is 4.88 Å². The first-order chi connectivity index (χ1) is 11.7. The Hall–Kier alpha value is -1.76. The summed E-state index contributed by atoms with van der Waals surface area (Å²) in [7, 11) is 0. The van der Waals surface area contributed by atoms with E-state index in [1.54, 1.807) is 23.5 Å². The molecule has 128 valence electrons. The largest absolute Gasteiger partial charge is 0.372 e. The van der Waals surface area contributed by atoms with Gasteiger partial charge >= 0.3 is 0 Å². The van der Waals surface area contributed by atoms with Gasteiger partial charge < -0.3 is 15.0 Å². The standard InChI is InChI=1S/C18H21FN2O2S/c19-14-4-1-5-15(10-14)20-18(22)13-21(11-16-6-2-8-23-16)12-17-7-3-9-24-17/h1,3-5,7,9-10,16H,2,6,8,11-13H2,(H,20,22)/p+1/t16-/m0/s1. The van der Waals surface area contributed by atoms with E-state index in [1.165, 1.54) is 21.9 Å². The topological polar surface area (TPSA) is 42.8 Å². The average Bonchev–Trinajstić information content (AvgIpc) is 3.21. The minimum atomic E-state index is -0.352. The number of nitrogens with one attached hydrogen (secondary N) is 2. The van der Waals surface area contributed by atoms with Crippen LogP contribution in [0.5, 0.6) is 0 Å². The van der Waals surface area contributed by atoms with Crippen molar-refractivity contribution in [2.75, 3.05) is 25.0 Å². The van der Waals surface area contributed by atoms with E-state index in [0.717, 1.165) is 32.5 Å². The quantitative estimate of drug-likeness (QED) is 0.804. The Balaban J connectivity index is 1.60. The predicted molar refractivity (Wildman–Crippen MR) is 92.7 cm³/mol. The minimum absolute atomic E-state index is 0.106. The van der Waals surface area contributed by atoms with E-state index in [1.807, 2.05) is 11.4 Å². The number of quaternary nitrogens is 1. The van der Waals surface area contributed by atoms with Crippen molar-refractivity contribution in [2.24, 2.45) is 0 Å². The number of halogens is 1. The van der Waals surface area contributed by atoms with Gasteiger partial charge in [-0.05, 0) is 42.5 Å². The zero-order valence-corrected chi connectivity index (χ0v) is 14.3. The van der Waals surface area contributed by atoms with Crippen LogP contribution in [-0.2, 0) is 16.1 Å². The van der Waals surface area contributed by atoms with Crippen LogP contribution in [0.4, 0.5) is 10.1 Å². The summed E-state index contributed by atoms with van der Waals surface area (Å²) in [6.07, 6.45) is 2.37. The second-order valence-electron chi connectivity index (χ2n) is 6.08. The molecule has 1 amide bonds. The van der Waals surface area contributed by atoms with Crippen LogP contribution in [0.1, 0.15) is 17.7 Å². The van der Waals surface area contributed by atoms with Gasteiger partial charge in [-0.2, -0.15) is 0 Å². The van der Waals surface area contributed by atoms with Crippen molar-refractivity contribution in [3.63, 3.8) is 0 Å². The van der Waals surface area contributed by atoms with Gasteiger partial charge in [-0.3, -0.25) is 4.79 Å². The number of carbonyl (C=O) groups excluding carboxylic acids is 1. The second kappa shape index (κ2) is 8.37. The number of thiophene rings is 1. The molecule has 1 aliphatic heterocycles. The Morgan fingerprint density at radius 2 is 2.29 bits per heavy atom. The first kappa shape index (κ1) is 17.1. The fourth-order valence-electron chi connectivity index (χ4n) is 2.99. The number of carbonyl (C=O) groups is 1. The van der Waals surface area contributed by atoms with Gasteiger partial charge in [-0.1, -0.05) is 12.1 Å². The SMILES string of the molecule is O=C(C[NH+](Cc1cccs1)C[C@@H]1CCCO1)Nc1cccc(F)c1. The van der Waals surface area contributed by atoms with E-state index in [4.69, 9.17) is 4.74 Å². The van der Waals surface area contributed by atoms with Crippen LogP contribution in [-0.4, -0.2) is 31.7 Å². The number of anilines is 1. The molecule has 2 aromatic rings. The number of ether oxygens (including phenoxy) is 1. The molecule has 1 aliphatic rings. The van der Waals surface area contributed by atoms with Crippen LogP contribution in [0.3, 0.4) is 0 Å². The molecule has 1 unspecified atom stereocenters. The number of benzene rings is 1. The zero-order chi connectivity index (χ0) is 16.8. The summed E-state index contributed by atoms with van der Waals surface area (Å²) in [5, 5.41) is 4.83. The molecule has 0 aliphatic carbocycles. The van der Waals surface area contributed by atoms with Crippen molar-refractivity contribution >= 4 is 22.9 Å². The summed E-state index contributed by atoms with van der Waals surface area (Å²) in [6.45, 7) is 2.77. The Kier molecular flexibility index (Phi) is 5.96. The maximum atomic E-state index is 13.2. The Labute approximate surface area is 145 Å². The normalized spacial score (nSPS) is 18.5. The van der Waals surface area contributed by atoms with E-state index in [0.29, 0.717) is 12.2 Å². The van der Waals surface area contributed by atoms with Crippen LogP contribution < -0.4 is 10.2 Å². The summed E-state index contributed by atoms with van der Waals surface area (Å²) < 4.78 is 19.0. The van der Waals surface area contributed by atoms with E-state index < -0.39 is 0 Å². The van der Waals surface area contributed by atoms with Gasteiger partial charge in [0.15, 0.2) is 6.54 Å². The number of hydrogen-bond acceptors (Lipinski definition) is 3. The molecule has 2 heterocycles. The van der Waals surface area contributed by atoms with E-state index in [2.05, 4.69) is 11.4 Å². The first-order valence-electron chi connectivity index (χ1n) is 8.22. The molecule has 2 atom stereocenters. The average molecular weight is 349 g/mol. The highest BCUT2D eigenvalue weighted by Crippen LogP contribution is 2.11. The molecule has 0 saturated carbocycles. The van der Waals surface area contributed by atoms with Gasteiger partial charge in [-0.15, -0.1) is 11.3 Å². The summed E-state index contributed by atoms with van der Waals surface area (Å²) in [5.74, 6) is -0.458. The van der Waals surface area contributed by atoms with E-state index in [9.17, 15) is 9.18 Å². The van der Waals surface area contributed by atoms with Crippen molar-refractivity contribution in [1.29, 1.82) is 0 Å². The molecule has 24 heavy (non-hydrogen) atoms. The minimum Gasteiger partial charge on any atom is -0.372 e. The summed E-state index contributed by atoms with van der Waals surface area (Å²) in [5.41, 5.74) is 0.493. The summed E-state index contributed by atoms with van der Waals surface area (Å²) >= 11 is 1.70. The van der Waals surface area contributed by atoms with Gasteiger partial charge in [0.1, 0.15) is 25.0 Å². The Morgan fingerprint density at radius 1 is 1.38 bits per heavy atom.